The van der Waals surface area contributed by atoms with Crippen LogP contribution in [-0.4, -0.2) is 9.78 Å². The number of nitrogens with two attached hydrogens (primary N) is 1. The van der Waals surface area contributed by atoms with Gasteiger partial charge >= 0.3 is 0 Å². The molecule has 0 aliphatic heterocycles. The van der Waals surface area contributed by atoms with Gasteiger partial charge in [-0.2, -0.15) is 5.10 Å². The second-order valence-electron chi connectivity index (χ2n) is 4.02. The summed E-state index contributed by atoms with van der Waals surface area (Å²) in [7, 11) is 1.95. The first-order chi connectivity index (χ1) is 7.22. The molecule has 0 saturated carbocycles. The molecule has 4 heteroatoms. The Labute approximate surface area is 91.8 Å². The molecule has 0 amide bonds. The molecule has 1 rings (SSSR count). The fourth-order valence-electron chi connectivity index (χ4n) is 1.96. The molecular weight excluding hydrogens is 188 g/mol. The molecule has 1 aromatic rings. The van der Waals surface area contributed by atoms with Crippen molar-refractivity contribution in [3.8, 4) is 0 Å². The minimum absolute atomic E-state index is 0.211. The van der Waals surface area contributed by atoms with Gasteiger partial charge in [-0.1, -0.05) is 26.7 Å². The van der Waals surface area contributed by atoms with E-state index < -0.39 is 0 Å². The normalized spacial score (nSPS) is 13.4. The number of hydrogen-bond donors (Lipinski definition) is 2. The second kappa shape index (κ2) is 5.88. The lowest BCUT2D eigenvalue weighted by atomic mass is 9.93. The van der Waals surface area contributed by atoms with E-state index in [1.807, 2.05) is 24.0 Å². The van der Waals surface area contributed by atoms with E-state index in [0.29, 0.717) is 0 Å². The van der Waals surface area contributed by atoms with Crippen LogP contribution in [0.1, 0.15) is 44.8 Å². The minimum atomic E-state index is 0.211. The average Bonchev–Trinajstić information content (AvgIpc) is 2.67. The summed E-state index contributed by atoms with van der Waals surface area (Å²) < 4.78 is 1.88. The molecule has 0 aliphatic rings. The van der Waals surface area contributed by atoms with Gasteiger partial charge in [0.2, 0.25) is 0 Å². The summed E-state index contributed by atoms with van der Waals surface area (Å²) in [5.41, 5.74) is 4.04. The van der Waals surface area contributed by atoms with E-state index in [2.05, 4.69) is 24.4 Å². The van der Waals surface area contributed by atoms with Crippen LogP contribution < -0.4 is 11.3 Å². The largest absolute Gasteiger partial charge is 0.271 e. The summed E-state index contributed by atoms with van der Waals surface area (Å²) in [6.45, 7) is 4.45. The monoisotopic (exact) mass is 210 g/mol. The van der Waals surface area contributed by atoms with Crippen LogP contribution in [0.3, 0.4) is 0 Å². The smallest absolute Gasteiger partial charge is 0.0631 e. The van der Waals surface area contributed by atoms with Crippen LogP contribution in [0.4, 0.5) is 0 Å². The first-order valence-electron chi connectivity index (χ1n) is 5.66. The first-order valence-corrected chi connectivity index (χ1v) is 5.66. The van der Waals surface area contributed by atoms with Gasteiger partial charge in [0.1, 0.15) is 0 Å². The molecule has 86 valence electrons. The van der Waals surface area contributed by atoms with E-state index in [1.165, 1.54) is 12.8 Å². The molecule has 15 heavy (non-hydrogen) atoms. The first kappa shape index (κ1) is 12.2. The molecule has 0 bridgehead atoms. The summed E-state index contributed by atoms with van der Waals surface area (Å²) >= 11 is 0. The maximum atomic E-state index is 5.60. The zero-order valence-corrected chi connectivity index (χ0v) is 9.90. The number of nitrogens with one attached hydrogen (secondary N) is 1. The highest BCUT2D eigenvalue weighted by Gasteiger charge is 2.17. The lowest BCUT2D eigenvalue weighted by molar-refractivity contribution is 0.363. The van der Waals surface area contributed by atoms with Crippen molar-refractivity contribution in [1.29, 1.82) is 0 Å². The van der Waals surface area contributed by atoms with Gasteiger partial charge in [-0.3, -0.25) is 16.0 Å². The molecule has 0 saturated heterocycles. The summed E-state index contributed by atoms with van der Waals surface area (Å²) in [5.74, 6) is 6.32. The van der Waals surface area contributed by atoms with Crippen LogP contribution in [0.15, 0.2) is 12.3 Å². The van der Waals surface area contributed by atoms with E-state index in [0.717, 1.165) is 18.0 Å². The lowest BCUT2D eigenvalue weighted by Gasteiger charge is -2.21. The Balaban J connectivity index is 2.68. The number of aromatic nitrogens is 2. The molecule has 0 aromatic carbocycles. The highest BCUT2D eigenvalue weighted by atomic mass is 15.3. The molecule has 1 unspecified atom stereocenters. The number of aryl methyl sites for hydroxylation is 1. The van der Waals surface area contributed by atoms with Crippen molar-refractivity contribution in [2.45, 2.75) is 39.2 Å². The van der Waals surface area contributed by atoms with E-state index in [1.54, 1.807) is 0 Å². The van der Waals surface area contributed by atoms with Crippen molar-refractivity contribution >= 4 is 0 Å². The van der Waals surface area contributed by atoms with E-state index in [-0.39, 0.29) is 6.04 Å². The van der Waals surface area contributed by atoms with Crippen molar-refractivity contribution in [3.05, 3.63) is 18.0 Å². The zero-order valence-electron chi connectivity index (χ0n) is 9.90. The maximum absolute atomic E-state index is 5.60. The second-order valence-corrected chi connectivity index (χ2v) is 4.02. The fourth-order valence-corrected chi connectivity index (χ4v) is 1.96. The van der Waals surface area contributed by atoms with Crippen LogP contribution in [0.25, 0.3) is 0 Å². The molecule has 0 aliphatic carbocycles. The summed E-state index contributed by atoms with van der Waals surface area (Å²) in [4.78, 5) is 0. The molecule has 1 atom stereocenters. The Kier molecular flexibility index (Phi) is 4.78. The van der Waals surface area contributed by atoms with Crippen molar-refractivity contribution < 1.29 is 0 Å². The van der Waals surface area contributed by atoms with Crippen LogP contribution in [0.5, 0.6) is 0 Å². The summed E-state index contributed by atoms with van der Waals surface area (Å²) in [6, 6.07) is 2.23. The topological polar surface area (TPSA) is 55.9 Å². The average molecular weight is 210 g/mol. The quantitative estimate of drug-likeness (QED) is 0.555. The Morgan fingerprint density at radius 2 is 2.13 bits per heavy atom. The molecular formula is C11H22N4. The SMILES string of the molecule is CCC(CC)CC(NN)c1ccnn1C. The van der Waals surface area contributed by atoms with Crippen LogP contribution in [0, 0.1) is 5.92 Å². The molecule has 0 radical (unpaired) electrons. The van der Waals surface area contributed by atoms with Crippen LogP contribution >= 0.6 is 0 Å². The van der Waals surface area contributed by atoms with Gasteiger partial charge in [-0.15, -0.1) is 0 Å². The maximum Gasteiger partial charge on any atom is 0.0631 e. The van der Waals surface area contributed by atoms with Crippen molar-refractivity contribution in [1.82, 2.24) is 15.2 Å². The minimum Gasteiger partial charge on any atom is -0.271 e. The van der Waals surface area contributed by atoms with Gasteiger partial charge in [-0.05, 0) is 18.4 Å². The molecule has 4 nitrogen and oxygen atoms in total. The Hall–Kier alpha value is -0.870. The third kappa shape index (κ3) is 3.04. The molecule has 0 fully saturated rings. The van der Waals surface area contributed by atoms with Gasteiger partial charge in [0.15, 0.2) is 0 Å². The van der Waals surface area contributed by atoms with Crippen molar-refractivity contribution in [2.75, 3.05) is 0 Å². The fraction of sp³-hybridized carbons (Fsp3) is 0.727. The Morgan fingerprint density at radius 3 is 2.53 bits per heavy atom. The van der Waals surface area contributed by atoms with Crippen molar-refractivity contribution in [3.63, 3.8) is 0 Å². The number of hydrogen-bond acceptors (Lipinski definition) is 3. The van der Waals surface area contributed by atoms with Gasteiger partial charge in [-0.25, -0.2) is 0 Å². The number of nitrogens with zero attached hydrogens (tertiary/aromatic N) is 2. The highest BCUT2D eigenvalue weighted by Crippen LogP contribution is 2.23. The van der Waals surface area contributed by atoms with Gasteiger partial charge in [0, 0.05) is 13.2 Å². The van der Waals surface area contributed by atoms with E-state index >= 15 is 0 Å². The van der Waals surface area contributed by atoms with E-state index in [4.69, 9.17) is 5.84 Å². The zero-order chi connectivity index (χ0) is 11.3. The molecule has 1 aromatic heterocycles. The molecule has 3 N–H and O–H groups in total. The van der Waals surface area contributed by atoms with Gasteiger partial charge < -0.3 is 0 Å². The van der Waals surface area contributed by atoms with Crippen LogP contribution in [-0.2, 0) is 7.05 Å². The van der Waals surface area contributed by atoms with Gasteiger partial charge in [0.05, 0.1) is 11.7 Å². The number of rotatable bonds is 6. The lowest BCUT2D eigenvalue weighted by Crippen LogP contribution is -2.31. The van der Waals surface area contributed by atoms with Gasteiger partial charge in [0.25, 0.3) is 0 Å². The third-order valence-electron chi connectivity index (χ3n) is 3.14. The van der Waals surface area contributed by atoms with Crippen LogP contribution in [0.2, 0.25) is 0 Å². The summed E-state index contributed by atoms with van der Waals surface area (Å²) in [6.07, 6.45) is 5.29. The number of hydrazine groups is 1. The van der Waals surface area contributed by atoms with Crippen molar-refractivity contribution in [2.24, 2.45) is 18.8 Å². The predicted molar refractivity (Wildman–Crippen MR) is 62.0 cm³/mol. The summed E-state index contributed by atoms with van der Waals surface area (Å²) in [5, 5.41) is 4.17. The predicted octanol–water partition coefficient (Wildman–Crippen LogP) is 1.75. The molecule has 0 spiro atoms. The molecule has 1 heterocycles. The highest BCUT2D eigenvalue weighted by molar-refractivity contribution is 5.06. The third-order valence-corrected chi connectivity index (χ3v) is 3.14. The Morgan fingerprint density at radius 1 is 1.47 bits per heavy atom. The van der Waals surface area contributed by atoms with E-state index in [9.17, 15) is 0 Å². The Bertz CT molecular complexity index is 278. The standard InChI is InChI=1S/C11H22N4/c1-4-9(5-2)8-10(14-12)11-6-7-13-15(11)3/h6-7,9-10,14H,4-5,8,12H2,1-3H3.